The molecule has 0 saturated heterocycles. The quantitative estimate of drug-likeness (QED) is 0.551. The van der Waals surface area contributed by atoms with E-state index in [9.17, 15) is 9.59 Å². The van der Waals surface area contributed by atoms with Gasteiger partial charge in [-0.3, -0.25) is 0 Å². The first-order chi connectivity index (χ1) is 13.7. The van der Waals surface area contributed by atoms with Crippen LogP contribution in [0, 0.1) is 0 Å². The number of methoxy groups -OCH3 is 1. The lowest BCUT2D eigenvalue weighted by atomic mass is 10.1. The molecule has 1 saturated carbocycles. The van der Waals surface area contributed by atoms with Crippen molar-refractivity contribution in [2.45, 2.75) is 51.3 Å². The van der Waals surface area contributed by atoms with E-state index in [0.29, 0.717) is 12.1 Å². The summed E-state index contributed by atoms with van der Waals surface area (Å²) in [6.07, 6.45) is 0.544. The lowest BCUT2D eigenvalue weighted by Gasteiger charge is -2.28. The van der Waals surface area contributed by atoms with Gasteiger partial charge in [0.15, 0.2) is 0 Å². The third kappa shape index (κ3) is 5.60. The number of rotatable bonds is 5. The van der Waals surface area contributed by atoms with Crippen LogP contribution in [-0.2, 0) is 16.0 Å². The van der Waals surface area contributed by atoms with E-state index in [1.54, 1.807) is 23.1 Å². The van der Waals surface area contributed by atoms with Crippen LogP contribution in [0.25, 0.3) is 0 Å². The summed E-state index contributed by atoms with van der Waals surface area (Å²) in [6, 6.07) is 15.4. The normalized spacial score (nSPS) is 18.1. The molecule has 0 N–H and O–H groups in total. The second kappa shape index (κ2) is 8.57. The van der Waals surface area contributed by atoms with Crippen LogP contribution in [0.2, 0.25) is 0 Å². The second-order valence-corrected chi connectivity index (χ2v) is 9.18. The minimum atomic E-state index is -0.578. The van der Waals surface area contributed by atoms with Crippen molar-refractivity contribution in [2.75, 3.05) is 7.11 Å². The predicted octanol–water partition coefficient (Wildman–Crippen LogP) is 5.53. The van der Waals surface area contributed by atoms with E-state index in [0.717, 1.165) is 16.5 Å². The van der Waals surface area contributed by atoms with Gasteiger partial charge in [-0.25, -0.2) is 9.59 Å². The summed E-state index contributed by atoms with van der Waals surface area (Å²) in [4.78, 5) is 26.6. The molecule has 154 valence electrons. The van der Waals surface area contributed by atoms with Gasteiger partial charge in [-0.1, -0.05) is 40.2 Å². The molecule has 1 amide bonds. The van der Waals surface area contributed by atoms with Gasteiger partial charge in [0.05, 0.1) is 12.7 Å². The van der Waals surface area contributed by atoms with Crippen LogP contribution in [-0.4, -0.2) is 35.7 Å². The molecule has 6 heteroatoms. The minimum absolute atomic E-state index is 0.0628. The van der Waals surface area contributed by atoms with Gasteiger partial charge in [0, 0.05) is 23.0 Å². The standard InChI is InChI=1S/C23H26BrNO4/c1-23(2,3)29-22(27)25(14-15-6-5-7-17(12-15)21(26)28-4)20-13-19(20)16-8-10-18(24)11-9-16/h5-12,19-20H,13-14H2,1-4H3. The van der Waals surface area contributed by atoms with Gasteiger partial charge in [-0.15, -0.1) is 0 Å². The van der Waals surface area contributed by atoms with Crippen LogP contribution in [0.5, 0.6) is 0 Å². The highest BCUT2D eigenvalue weighted by Gasteiger charge is 2.46. The number of hydrogen-bond acceptors (Lipinski definition) is 4. The molecule has 2 unspecified atom stereocenters. The smallest absolute Gasteiger partial charge is 0.410 e. The number of nitrogens with zero attached hydrogens (tertiary/aromatic N) is 1. The highest BCUT2D eigenvalue weighted by Crippen LogP contribution is 2.46. The van der Waals surface area contributed by atoms with E-state index in [2.05, 4.69) is 28.1 Å². The number of amides is 1. The average molecular weight is 460 g/mol. The second-order valence-electron chi connectivity index (χ2n) is 8.26. The van der Waals surface area contributed by atoms with E-state index in [-0.39, 0.29) is 18.1 Å². The summed E-state index contributed by atoms with van der Waals surface area (Å²) >= 11 is 3.46. The Kier molecular flexibility index (Phi) is 6.32. The van der Waals surface area contributed by atoms with Crippen LogP contribution in [0.15, 0.2) is 53.0 Å². The van der Waals surface area contributed by atoms with Crippen molar-refractivity contribution in [2.24, 2.45) is 0 Å². The Morgan fingerprint density at radius 3 is 2.45 bits per heavy atom. The molecule has 0 aliphatic heterocycles. The van der Waals surface area contributed by atoms with E-state index in [4.69, 9.17) is 9.47 Å². The monoisotopic (exact) mass is 459 g/mol. The first-order valence-electron chi connectivity index (χ1n) is 9.60. The molecular weight excluding hydrogens is 434 g/mol. The molecule has 0 spiro atoms. The summed E-state index contributed by atoms with van der Waals surface area (Å²) in [5.74, 6) is -0.116. The molecule has 1 aliphatic carbocycles. The van der Waals surface area contributed by atoms with Crippen LogP contribution in [0.4, 0.5) is 4.79 Å². The zero-order valence-corrected chi connectivity index (χ0v) is 18.7. The number of carbonyl (C=O) groups is 2. The Labute approximate surface area is 180 Å². The highest BCUT2D eigenvalue weighted by molar-refractivity contribution is 9.10. The maximum Gasteiger partial charge on any atom is 0.410 e. The van der Waals surface area contributed by atoms with Crippen molar-refractivity contribution in [3.8, 4) is 0 Å². The Bertz CT molecular complexity index is 888. The first kappa shape index (κ1) is 21.4. The number of benzene rings is 2. The fraction of sp³-hybridized carbons (Fsp3) is 0.391. The maximum absolute atomic E-state index is 13.0. The number of ether oxygens (including phenoxy) is 2. The zero-order valence-electron chi connectivity index (χ0n) is 17.1. The number of hydrogen-bond donors (Lipinski definition) is 0. The summed E-state index contributed by atoms with van der Waals surface area (Å²) in [7, 11) is 1.36. The molecule has 0 aromatic heterocycles. The third-order valence-corrected chi connectivity index (χ3v) is 5.31. The summed E-state index contributed by atoms with van der Waals surface area (Å²) in [5, 5.41) is 0. The number of esters is 1. The first-order valence-corrected chi connectivity index (χ1v) is 10.4. The van der Waals surface area contributed by atoms with Crippen LogP contribution < -0.4 is 0 Å². The molecule has 1 fully saturated rings. The van der Waals surface area contributed by atoms with Crippen molar-refractivity contribution in [1.29, 1.82) is 0 Å². The zero-order chi connectivity index (χ0) is 21.2. The molecule has 5 nitrogen and oxygen atoms in total. The summed E-state index contributed by atoms with van der Waals surface area (Å²) in [5.41, 5.74) is 1.95. The number of halogens is 1. The summed E-state index contributed by atoms with van der Waals surface area (Å²) in [6.45, 7) is 5.96. The molecule has 0 bridgehead atoms. The molecule has 29 heavy (non-hydrogen) atoms. The Morgan fingerprint density at radius 1 is 1.14 bits per heavy atom. The fourth-order valence-corrected chi connectivity index (χ4v) is 3.61. The van der Waals surface area contributed by atoms with Crippen LogP contribution >= 0.6 is 15.9 Å². The largest absolute Gasteiger partial charge is 0.465 e. The Hall–Kier alpha value is -2.34. The lowest BCUT2D eigenvalue weighted by molar-refractivity contribution is 0.0212. The average Bonchev–Trinajstić information content (AvgIpc) is 3.45. The molecule has 3 rings (SSSR count). The topological polar surface area (TPSA) is 55.8 Å². The van der Waals surface area contributed by atoms with Gasteiger partial charge in [0.1, 0.15) is 5.60 Å². The van der Waals surface area contributed by atoms with E-state index >= 15 is 0 Å². The van der Waals surface area contributed by atoms with Gasteiger partial charge in [0.2, 0.25) is 0 Å². The van der Waals surface area contributed by atoms with Gasteiger partial charge >= 0.3 is 12.1 Å². The molecule has 2 aromatic rings. The van der Waals surface area contributed by atoms with E-state index in [1.807, 2.05) is 39.0 Å². The van der Waals surface area contributed by atoms with E-state index in [1.165, 1.54) is 12.7 Å². The Balaban J connectivity index is 1.82. The number of carbonyl (C=O) groups excluding carboxylic acids is 2. The lowest BCUT2D eigenvalue weighted by Crippen LogP contribution is -2.38. The van der Waals surface area contributed by atoms with Crippen molar-refractivity contribution in [3.63, 3.8) is 0 Å². The molecular formula is C23H26BrNO4. The molecule has 2 atom stereocenters. The third-order valence-electron chi connectivity index (χ3n) is 4.78. The molecule has 1 aliphatic rings. The molecule has 0 heterocycles. The summed E-state index contributed by atoms with van der Waals surface area (Å²) < 4.78 is 11.5. The predicted molar refractivity (Wildman–Crippen MR) is 115 cm³/mol. The van der Waals surface area contributed by atoms with Crippen molar-refractivity contribution in [1.82, 2.24) is 4.90 Å². The van der Waals surface area contributed by atoms with Gasteiger partial charge < -0.3 is 14.4 Å². The van der Waals surface area contributed by atoms with Gasteiger partial charge in [-0.05, 0) is 62.6 Å². The van der Waals surface area contributed by atoms with Crippen molar-refractivity contribution < 1.29 is 19.1 Å². The highest BCUT2D eigenvalue weighted by atomic mass is 79.9. The van der Waals surface area contributed by atoms with Crippen LogP contribution in [0.3, 0.4) is 0 Å². The maximum atomic E-state index is 13.0. The molecule has 0 radical (unpaired) electrons. The SMILES string of the molecule is COC(=O)c1cccc(CN(C(=O)OC(C)(C)C)C2CC2c2ccc(Br)cc2)c1. The Morgan fingerprint density at radius 2 is 1.83 bits per heavy atom. The molecule has 2 aromatic carbocycles. The minimum Gasteiger partial charge on any atom is -0.465 e. The van der Waals surface area contributed by atoms with Crippen LogP contribution in [0.1, 0.15) is 54.6 Å². The van der Waals surface area contributed by atoms with Crippen molar-refractivity contribution >= 4 is 28.0 Å². The van der Waals surface area contributed by atoms with Gasteiger partial charge in [0.25, 0.3) is 0 Å². The van der Waals surface area contributed by atoms with Gasteiger partial charge in [-0.2, -0.15) is 0 Å². The fourth-order valence-electron chi connectivity index (χ4n) is 3.34. The van der Waals surface area contributed by atoms with Crippen molar-refractivity contribution in [3.05, 3.63) is 69.7 Å². The van der Waals surface area contributed by atoms with E-state index < -0.39 is 11.6 Å².